The van der Waals surface area contributed by atoms with Gasteiger partial charge in [0.25, 0.3) is 5.24 Å². The standard InChI is InChI=1S/C15H11ClO3.C7H13ClO/c16-14(17)13-9-5-4-8-12(13)10-19-15(18)11-6-2-1-3-7-11;1-4-5-7(2,3)6(8)9/h1-9H,10H2;4-5H2,1-3H3. The molecule has 0 saturated heterocycles. The highest BCUT2D eigenvalue weighted by Crippen LogP contribution is 2.24. The van der Waals surface area contributed by atoms with Crippen LogP contribution in [0.5, 0.6) is 0 Å². The molecular formula is C22H24Cl2O4. The van der Waals surface area contributed by atoms with E-state index in [1.54, 1.807) is 48.5 Å². The summed E-state index contributed by atoms with van der Waals surface area (Å²) in [7, 11) is 0. The Morgan fingerprint density at radius 2 is 1.50 bits per heavy atom. The topological polar surface area (TPSA) is 60.4 Å². The van der Waals surface area contributed by atoms with E-state index in [0.29, 0.717) is 16.7 Å². The second kappa shape index (κ2) is 11.6. The molecular weight excluding hydrogens is 399 g/mol. The zero-order chi connectivity index (χ0) is 21.2. The number of benzene rings is 2. The van der Waals surface area contributed by atoms with Crippen molar-refractivity contribution in [2.45, 2.75) is 40.2 Å². The molecule has 0 aliphatic rings. The SMILES string of the molecule is CCCC(C)(C)C(=O)Cl.O=C(OCc1ccccc1C(=O)Cl)c1ccccc1. The molecule has 4 nitrogen and oxygen atoms in total. The summed E-state index contributed by atoms with van der Waals surface area (Å²) in [5.74, 6) is -0.433. The monoisotopic (exact) mass is 422 g/mol. The summed E-state index contributed by atoms with van der Waals surface area (Å²) in [5.41, 5.74) is 1.09. The molecule has 0 atom stereocenters. The highest BCUT2D eigenvalue weighted by molar-refractivity contribution is 6.67. The van der Waals surface area contributed by atoms with Crippen molar-refractivity contribution < 1.29 is 19.1 Å². The van der Waals surface area contributed by atoms with Crippen molar-refractivity contribution in [3.8, 4) is 0 Å². The Morgan fingerprint density at radius 3 is 2.00 bits per heavy atom. The van der Waals surface area contributed by atoms with Gasteiger partial charge in [-0.2, -0.15) is 0 Å². The molecule has 0 amide bonds. The smallest absolute Gasteiger partial charge is 0.338 e. The lowest BCUT2D eigenvalue weighted by Gasteiger charge is -2.17. The molecule has 0 bridgehead atoms. The van der Waals surface area contributed by atoms with Crippen LogP contribution in [0.25, 0.3) is 0 Å². The average Bonchev–Trinajstić information content (AvgIpc) is 2.67. The Morgan fingerprint density at radius 1 is 0.929 bits per heavy atom. The third kappa shape index (κ3) is 7.83. The van der Waals surface area contributed by atoms with E-state index in [2.05, 4.69) is 0 Å². The highest BCUT2D eigenvalue weighted by Gasteiger charge is 2.23. The van der Waals surface area contributed by atoms with E-state index in [1.165, 1.54) is 0 Å². The van der Waals surface area contributed by atoms with Crippen LogP contribution in [0.15, 0.2) is 54.6 Å². The first kappa shape index (κ1) is 23.9. The van der Waals surface area contributed by atoms with Gasteiger partial charge >= 0.3 is 5.97 Å². The maximum atomic E-state index is 11.8. The number of halogens is 2. The van der Waals surface area contributed by atoms with Gasteiger partial charge in [-0.15, -0.1) is 0 Å². The summed E-state index contributed by atoms with van der Waals surface area (Å²) in [6.45, 7) is 5.79. The number of hydrogen-bond donors (Lipinski definition) is 0. The lowest BCUT2D eigenvalue weighted by Crippen LogP contribution is -2.18. The Hall–Kier alpha value is -2.17. The minimum Gasteiger partial charge on any atom is -0.457 e. The zero-order valence-electron chi connectivity index (χ0n) is 16.2. The van der Waals surface area contributed by atoms with E-state index in [-0.39, 0.29) is 17.3 Å². The first-order valence-electron chi connectivity index (χ1n) is 8.89. The second-order valence-electron chi connectivity index (χ2n) is 6.78. The Labute approximate surface area is 175 Å². The van der Waals surface area contributed by atoms with Gasteiger partial charge in [-0.25, -0.2) is 4.79 Å². The largest absolute Gasteiger partial charge is 0.457 e. The van der Waals surface area contributed by atoms with E-state index in [0.717, 1.165) is 12.8 Å². The maximum Gasteiger partial charge on any atom is 0.338 e. The molecule has 150 valence electrons. The van der Waals surface area contributed by atoms with Gasteiger partial charge in [-0.05, 0) is 47.8 Å². The molecule has 0 aliphatic heterocycles. The van der Waals surface area contributed by atoms with Crippen LogP contribution in [0.1, 0.15) is 59.9 Å². The molecule has 0 fully saturated rings. The average molecular weight is 423 g/mol. The van der Waals surface area contributed by atoms with Gasteiger partial charge in [0, 0.05) is 16.5 Å². The third-order valence-electron chi connectivity index (χ3n) is 4.00. The van der Waals surface area contributed by atoms with Crippen molar-refractivity contribution in [3.63, 3.8) is 0 Å². The molecule has 0 heterocycles. The molecule has 0 aliphatic carbocycles. The van der Waals surface area contributed by atoms with Crippen molar-refractivity contribution in [1.29, 1.82) is 0 Å². The predicted molar refractivity (Wildman–Crippen MR) is 112 cm³/mol. The van der Waals surface area contributed by atoms with Crippen LogP contribution in [-0.4, -0.2) is 16.5 Å². The Kier molecular flexibility index (Phi) is 9.91. The van der Waals surface area contributed by atoms with Crippen LogP contribution in [0.2, 0.25) is 0 Å². The number of rotatable bonds is 7. The van der Waals surface area contributed by atoms with Crippen molar-refractivity contribution in [2.75, 3.05) is 0 Å². The Balaban J connectivity index is 0.000000370. The molecule has 6 heteroatoms. The Bertz CT molecular complexity index is 801. The van der Waals surface area contributed by atoms with Crippen molar-refractivity contribution in [2.24, 2.45) is 5.41 Å². The summed E-state index contributed by atoms with van der Waals surface area (Å²) in [6, 6.07) is 15.4. The van der Waals surface area contributed by atoms with E-state index < -0.39 is 11.2 Å². The van der Waals surface area contributed by atoms with Gasteiger partial charge in [0.05, 0.1) is 5.56 Å². The van der Waals surface area contributed by atoms with Gasteiger partial charge in [-0.1, -0.05) is 63.6 Å². The van der Waals surface area contributed by atoms with Crippen LogP contribution in [0.3, 0.4) is 0 Å². The first-order chi connectivity index (χ1) is 13.2. The molecule has 0 radical (unpaired) electrons. The van der Waals surface area contributed by atoms with Gasteiger partial charge < -0.3 is 4.74 Å². The van der Waals surface area contributed by atoms with Crippen LogP contribution in [0, 0.1) is 5.41 Å². The van der Waals surface area contributed by atoms with Crippen LogP contribution >= 0.6 is 23.2 Å². The molecule has 28 heavy (non-hydrogen) atoms. The van der Waals surface area contributed by atoms with Crippen molar-refractivity contribution >= 4 is 39.7 Å². The fraction of sp³-hybridized carbons (Fsp3) is 0.318. The van der Waals surface area contributed by atoms with Gasteiger partial charge in [0.1, 0.15) is 6.61 Å². The molecule has 2 aromatic carbocycles. The van der Waals surface area contributed by atoms with Crippen LogP contribution < -0.4 is 0 Å². The molecule has 2 rings (SSSR count). The summed E-state index contributed by atoms with van der Waals surface area (Å²) in [5, 5.41) is -0.796. The van der Waals surface area contributed by atoms with Gasteiger partial charge in [-0.3, -0.25) is 9.59 Å². The number of hydrogen-bond acceptors (Lipinski definition) is 4. The minimum absolute atomic E-state index is 0.0162. The van der Waals surface area contributed by atoms with Gasteiger partial charge in [0.2, 0.25) is 5.24 Å². The zero-order valence-corrected chi connectivity index (χ0v) is 17.7. The fourth-order valence-electron chi connectivity index (χ4n) is 2.36. The number of ether oxygens (including phenoxy) is 1. The predicted octanol–water partition coefficient (Wildman–Crippen LogP) is 6.00. The molecule has 0 aromatic heterocycles. The normalized spacial score (nSPS) is 10.5. The molecule has 0 N–H and O–H groups in total. The summed E-state index contributed by atoms with van der Waals surface area (Å²) in [6.07, 6.45) is 1.88. The number of esters is 1. The summed E-state index contributed by atoms with van der Waals surface area (Å²) in [4.78, 5) is 33.6. The lowest BCUT2D eigenvalue weighted by molar-refractivity contribution is -0.119. The van der Waals surface area contributed by atoms with Gasteiger partial charge in [0.15, 0.2) is 0 Å². The van der Waals surface area contributed by atoms with Crippen molar-refractivity contribution in [1.82, 2.24) is 0 Å². The molecule has 0 spiro atoms. The van der Waals surface area contributed by atoms with Crippen molar-refractivity contribution in [3.05, 3.63) is 71.3 Å². The van der Waals surface area contributed by atoms with Crippen LogP contribution in [-0.2, 0) is 16.1 Å². The fourth-order valence-corrected chi connectivity index (χ4v) is 2.64. The van der Waals surface area contributed by atoms with E-state index >= 15 is 0 Å². The molecule has 0 saturated carbocycles. The second-order valence-corrected chi connectivity index (χ2v) is 7.47. The first-order valence-corrected chi connectivity index (χ1v) is 9.64. The molecule has 2 aromatic rings. The lowest BCUT2D eigenvalue weighted by atomic mass is 9.90. The highest BCUT2D eigenvalue weighted by atomic mass is 35.5. The number of carbonyl (C=O) groups excluding carboxylic acids is 3. The quantitative estimate of drug-likeness (QED) is 0.405. The summed E-state index contributed by atoms with van der Waals surface area (Å²) >= 11 is 10.8. The molecule has 0 unspecified atom stereocenters. The van der Waals surface area contributed by atoms with E-state index in [4.69, 9.17) is 27.9 Å². The third-order valence-corrected chi connectivity index (χ3v) is 4.72. The minimum atomic E-state index is -0.564. The number of carbonyl (C=O) groups is 3. The van der Waals surface area contributed by atoms with E-state index in [1.807, 2.05) is 26.8 Å². The summed E-state index contributed by atoms with van der Waals surface area (Å²) < 4.78 is 5.16. The van der Waals surface area contributed by atoms with Crippen LogP contribution in [0.4, 0.5) is 0 Å². The van der Waals surface area contributed by atoms with E-state index in [9.17, 15) is 14.4 Å². The maximum absolute atomic E-state index is 11.8.